The molecule has 0 aliphatic carbocycles. The minimum Gasteiger partial charge on any atom is -0.392 e. The molecule has 4 N–H and O–H groups in total. The lowest BCUT2D eigenvalue weighted by Crippen LogP contribution is -2.57. The van der Waals surface area contributed by atoms with Gasteiger partial charge in [-0.25, -0.2) is 0 Å². The average Bonchev–Trinajstić information content (AvgIpc) is 0.850. The van der Waals surface area contributed by atoms with Gasteiger partial charge >= 0.3 is 0 Å². The molecule has 588 valence electrons. The second kappa shape index (κ2) is 74.5. The van der Waals surface area contributed by atoms with Crippen LogP contribution >= 0.6 is 23.5 Å². The highest BCUT2D eigenvalue weighted by molar-refractivity contribution is 8.13. The number of carbonyl (C=O) groups is 2. The molecule has 0 amide bonds. The van der Waals surface area contributed by atoms with E-state index in [1.54, 1.807) is 0 Å². The number of piperazine rings is 1. The monoisotopic (exact) mass is 1440 g/mol. The van der Waals surface area contributed by atoms with E-state index in [1.165, 1.54) is 255 Å². The lowest BCUT2D eigenvalue weighted by atomic mass is 10.1. The summed E-state index contributed by atoms with van der Waals surface area (Å²) in [5.41, 5.74) is 0. The van der Waals surface area contributed by atoms with Crippen LogP contribution in [0.1, 0.15) is 388 Å². The van der Waals surface area contributed by atoms with Gasteiger partial charge in [-0.3, -0.25) is 29.2 Å². The molecule has 6 atom stereocenters. The fraction of sp³-hybridized carbons (Fsp3) is 0.886. The number of allylic oxidation sites excluding steroid dienone is 8. The van der Waals surface area contributed by atoms with Gasteiger partial charge in [0.1, 0.15) is 0 Å². The molecule has 0 saturated carbocycles. The third-order valence-corrected chi connectivity index (χ3v) is 22.7. The quantitative estimate of drug-likeness (QED) is 0.0342. The van der Waals surface area contributed by atoms with Gasteiger partial charge in [-0.1, -0.05) is 305 Å². The summed E-state index contributed by atoms with van der Waals surface area (Å²) in [6.45, 7) is 20.3. The number of aliphatic hydroxyl groups excluding tert-OH is 4. The zero-order valence-electron chi connectivity index (χ0n) is 67.0. The second-order valence-electron chi connectivity index (χ2n) is 30.8. The predicted octanol–water partition coefficient (Wildman–Crippen LogP) is 23.3. The van der Waals surface area contributed by atoms with Gasteiger partial charge in [0.2, 0.25) is 0 Å². The Morgan fingerprint density at radius 3 is 0.750 bits per heavy atom. The van der Waals surface area contributed by atoms with Crippen molar-refractivity contribution in [3.63, 3.8) is 0 Å². The van der Waals surface area contributed by atoms with Crippen LogP contribution in [0.5, 0.6) is 0 Å². The second-order valence-corrected chi connectivity index (χ2v) is 33.1. The Hall–Kier alpha value is -1.32. The predicted molar refractivity (Wildman–Crippen MR) is 442 cm³/mol. The molecule has 0 spiro atoms. The van der Waals surface area contributed by atoms with Crippen molar-refractivity contribution in [1.29, 1.82) is 0 Å². The summed E-state index contributed by atoms with van der Waals surface area (Å²) in [6.07, 6.45) is 80.7. The molecule has 0 radical (unpaired) electrons. The first-order chi connectivity index (χ1) is 48.9. The average molecular weight is 1440 g/mol. The molecule has 1 aliphatic heterocycles. The standard InChI is InChI=1S/C88H168N4O6S2/c1-7-11-15-19-23-27-31-35-39-43-47-51-55-59-63-83(93)77-89(78-84(94)64-60-56-52-48-44-40-36-32-28-24-20-16-12-8-2)69-67-87(97)99-73-71-91-75-82(6)92(76-81(91)5)72-74-100-88(98)68-70-90(79-85(95)65-61-57-53-49-45-41-37-33-29-25-21-17-13-9-3)80-86(96)66-62-58-54-50-46-42-38-34-30-26-22-18-14-10-4/h35-42,81-86,93-96H,7-34,43-80H2,1-6H3/b39-35-,40-36-,41-37-,42-38-. The Morgan fingerprint density at radius 1 is 0.330 bits per heavy atom. The van der Waals surface area contributed by atoms with Gasteiger partial charge in [0.25, 0.3) is 0 Å². The molecule has 1 rings (SSSR count). The van der Waals surface area contributed by atoms with Crippen LogP contribution in [-0.4, -0.2) is 164 Å². The van der Waals surface area contributed by atoms with Crippen molar-refractivity contribution in [2.75, 3.05) is 77.0 Å². The molecule has 1 saturated heterocycles. The van der Waals surface area contributed by atoms with Crippen LogP contribution in [0.4, 0.5) is 0 Å². The highest BCUT2D eigenvalue weighted by Crippen LogP contribution is 2.22. The molecule has 1 fully saturated rings. The minimum atomic E-state index is -0.464. The first-order valence-corrected chi connectivity index (χ1v) is 45.4. The molecule has 0 bridgehead atoms. The largest absolute Gasteiger partial charge is 0.392 e. The van der Waals surface area contributed by atoms with Gasteiger partial charge in [-0.2, -0.15) is 0 Å². The summed E-state index contributed by atoms with van der Waals surface area (Å²) in [6, 6.07) is 0.683. The van der Waals surface area contributed by atoms with E-state index in [2.05, 4.69) is 110 Å². The molecule has 1 aliphatic rings. The molecular weight excluding hydrogens is 1270 g/mol. The van der Waals surface area contributed by atoms with Gasteiger partial charge in [0, 0.05) is 102 Å². The summed E-state index contributed by atoms with van der Waals surface area (Å²) in [5.74, 6) is 1.49. The molecule has 0 aromatic carbocycles. The summed E-state index contributed by atoms with van der Waals surface area (Å²) >= 11 is 2.87. The third-order valence-electron chi connectivity index (χ3n) is 20.9. The number of hydrogen-bond donors (Lipinski definition) is 4. The number of nitrogens with zero attached hydrogens (tertiary/aromatic N) is 4. The zero-order valence-corrected chi connectivity index (χ0v) is 68.6. The number of thioether (sulfide) groups is 2. The summed E-state index contributed by atoms with van der Waals surface area (Å²) in [7, 11) is 0. The molecule has 12 heteroatoms. The lowest BCUT2D eigenvalue weighted by Gasteiger charge is -2.44. The van der Waals surface area contributed by atoms with Crippen molar-refractivity contribution in [2.24, 2.45) is 0 Å². The fourth-order valence-electron chi connectivity index (χ4n) is 14.3. The van der Waals surface area contributed by atoms with Crippen LogP contribution in [0.3, 0.4) is 0 Å². The summed E-state index contributed by atoms with van der Waals surface area (Å²) < 4.78 is 0. The van der Waals surface area contributed by atoms with Crippen molar-refractivity contribution < 1.29 is 30.0 Å². The SMILES string of the molecule is CCCCCCCC/C=C\CCCCCCC(O)CN(CCC(=O)SCCN1CC(C)N(CCSC(=O)CCN(CC(O)CCCCCC/C=C\CCCCCCCC)CC(O)CCCCCC/C=C\CCCCCCCC)CC1C)CC(O)CCCCCC/C=C\CCCCCCCC. The van der Waals surface area contributed by atoms with Crippen LogP contribution in [0, 0.1) is 0 Å². The smallest absolute Gasteiger partial charge is 0.190 e. The van der Waals surface area contributed by atoms with E-state index >= 15 is 0 Å². The van der Waals surface area contributed by atoms with E-state index < -0.39 is 24.4 Å². The van der Waals surface area contributed by atoms with E-state index in [0.717, 1.165) is 140 Å². The maximum Gasteiger partial charge on any atom is 0.190 e. The number of aliphatic hydroxyl groups is 4. The van der Waals surface area contributed by atoms with Gasteiger partial charge in [-0.15, -0.1) is 0 Å². The van der Waals surface area contributed by atoms with E-state index in [0.29, 0.717) is 64.2 Å². The van der Waals surface area contributed by atoms with Crippen LogP contribution in [0.25, 0.3) is 0 Å². The molecular formula is C88H168N4O6S2. The van der Waals surface area contributed by atoms with E-state index in [4.69, 9.17) is 0 Å². The first-order valence-electron chi connectivity index (χ1n) is 43.5. The lowest BCUT2D eigenvalue weighted by molar-refractivity contribution is -0.112. The molecule has 100 heavy (non-hydrogen) atoms. The van der Waals surface area contributed by atoms with Crippen molar-refractivity contribution in [1.82, 2.24) is 19.6 Å². The Bertz CT molecular complexity index is 1650. The van der Waals surface area contributed by atoms with Crippen LogP contribution in [0.15, 0.2) is 48.6 Å². The number of rotatable bonds is 76. The topological polar surface area (TPSA) is 128 Å². The van der Waals surface area contributed by atoms with E-state index in [9.17, 15) is 30.0 Å². The third kappa shape index (κ3) is 65.0. The van der Waals surface area contributed by atoms with Crippen molar-refractivity contribution in [3.8, 4) is 0 Å². The summed E-state index contributed by atoms with van der Waals surface area (Å²) in [5, 5.41) is 45.5. The molecule has 6 unspecified atom stereocenters. The summed E-state index contributed by atoms with van der Waals surface area (Å²) in [4.78, 5) is 36.4. The minimum absolute atomic E-state index is 0.185. The highest BCUT2D eigenvalue weighted by atomic mass is 32.2. The van der Waals surface area contributed by atoms with Crippen LogP contribution in [0.2, 0.25) is 0 Å². The Kier molecular flexibility index (Phi) is 72.1. The number of unbranched alkanes of at least 4 members (excludes halogenated alkanes) is 40. The Morgan fingerprint density at radius 2 is 0.530 bits per heavy atom. The Labute approximate surface area is 630 Å². The van der Waals surface area contributed by atoms with E-state index in [1.807, 2.05) is 0 Å². The molecule has 0 aromatic heterocycles. The first kappa shape index (κ1) is 96.7. The molecule has 10 nitrogen and oxygen atoms in total. The number of hydrogen-bond acceptors (Lipinski definition) is 12. The van der Waals surface area contributed by atoms with Crippen LogP contribution in [-0.2, 0) is 9.59 Å². The van der Waals surface area contributed by atoms with Crippen molar-refractivity contribution in [3.05, 3.63) is 48.6 Å². The van der Waals surface area contributed by atoms with Crippen molar-refractivity contribution >= 4 is 33.8 Å². The normalized spacial score (nSPS) is 16.3. The van der Waals surface area contributed by atoms with Gasteiger partial charge < -0.3 is 20.4 Å². The maximum atomic E-state index is 13.5. The van der Waals surface area contributed by atoms with Gasteiger partial charge in [0.05, 0.1) is 24.4 Å². The zero-order chi connectivity index (χ0) is 72.7. The molecule has 0 aromatic rings. The maximum absolute atomic E-state index is 13.5. The van der Waals surface area contributed by atoms with Crippen LogP contribution < -0.4 is 0 Å². The highest BCUT2D eigenvalue weighted by Gasteiger charge is 2.29. The van der Waals surface area contributed by atoms with Gasteiger partial charge in [0.15, 0.2) is 10.2 Å². The fourth-order valence-corrected chi connectivity index (χ4v) is 15.8. The van der Waals surface area contributed by atoms with Crippen molar-refractivity contribution in [2.45, 2.75) is 425 Å². The van der Waals surface area contributed by atoms with E-state index in [-0.39, 0.29) is 10.2 Å². The van der Waals surface area contributed by atoms with Gasteiger partial charge in [-0.05, 0) is 142 Å². The Balaban J connectivity index is 2.65. The number of carbonyl (C=O) groups excluding carboxylic acids is 2. The molecule has 1 heterocycles.